The molecule has 0 radical (unpaired) electrons. The molecule has 0 spiro atoms. The molecule has 4 heteroatoms. The summed E-state index contributed by atoms with van der Waals surface area (Å²) in [5, 5.41) is 11.2. The number of aromatic nitrogens is 1. The van der Waals surface area contributed by atoms with Crippen molar-refractivity contribution >= 4 is 16.5 Å². The van der Waals surface area contributed by atoms with Crippen molar-refractivity contribution in [2.24, 2.45) is 5.92 Å². The number of nitrogens with zero attached hydrogens (tertiary/aromatic N) is 2. The molecule has 3 nitrogen and oxygen atoms in total. The normalized spacial score (nSPS) is 22.6. The first kappa shape index (κ1) is 13.4. The van der Waals surface area contributed by atoms with Gasteiger partial charge in [-0.05, 0) is 44.4 Å². The van der Waals surface area contributed by atoms with Crippen LogP contribution in [0.4, 0.5) is 5.13 Å². The fraction of sp³-hybridized carbons (Fsp3) is 0.800. The van der Waals surface area contributed by atoms with Crippen LogP contribution in [0.5, 0.6) is 0 Å². The van der Waals surface area contributed by atoms with Crippen molar-refractivity contribution in [3.63, 3.8) is 0 Å². The molecule has 0 saturated heterocycles. The first-order chi connectivity index (χ1) is 9.15. The lowest BCUT2D eigenvalue weighted by Crippen LogP contribution is -2.27. The first-order valence-electron chi connectivity index (χ1n) is 7.59. The summed E-state index contributed by atoms with van der Waals surface area (Å²) in [6.45, 7) is 5.67. The fourth-order valence-electron chi connectivity index (χ4n) is 2.72. The molecule has 1 fully saturated rings. The van der Waals surface area contributed by atoms with Crippen LogP contribution in [0.15, 0.2) is 0 Å². The van der Waals surface area contributed by atoms with Crippen LogP contribution in [0.1, 0.15) is 62.6 Å². The zero-order valence-corrected chi connectivity index (χ0v) is 12.7. The summed E-state index contributed by atoms with van der Waals surface area (Å²) in [5.74, 6) is 0.737. The van der Waals surface area contributed by atoms with Crippen molar-refractivity contribution in [2.45, 2.75) is 64.5 Å². The number of aryl methyl sites for hydroxylation is 1. The molecule has 1 atom stereocenters. The van der Waals surface area contributed by atoms with E-state index in [9.17, 15) is 5.11 Å². The van der Waals surface area contributed by atoms with E-state index in [1.807, 2.05) is 0 Å². The van der Waals surface area contributed by atoms with E-state index in [0.29, 0.717) is 6.04 Å². The molecule has 19 heavy (non-hydrogen) atoms. The minimum atomic E-state index is -0.263. The second-order valence-corrected chi connectivity index (χ2v) is 7.33. The van der Waals surface area contributed by atoms with Gasteiger partial charge in [-0.2, -0.15) is 0 Å². The summed E-state index contributed by atoms with van der Waals surface area (Å²) in [6, 6.07) is 0.712. The molecule has 2 aliphatic rings. The average molecular weight is 280 g/mol. The highest BCUT2D eigenvalue weighted by atomic mass is 32.1. The van der Waals surface area contributed by atoms with E-state index in [-0.39, 0.29) is 6.10 Å². The smallest absolute Gasteiger partial charge is 0.186 e. The fourth-order valence-corrected chi connectivity index (χ4v) is 3.95. The van der Waals surface area contributed by atoms with Gasteiger partial charge in [-0.1, -0.05) is 25.2 Å². The summed E-state index contributed by atoms with van der Waals surface area (Å²) in [4.78, 5) is 8.46. The Bertz CT molecular complexity index is 439. The van der Waals surface area contributed by atoms with E-state index in [2.05, 4.69) is 18.7 Å². The molecule has 1 unspecified atom stereocenters. The number of hydrogen-bond donors (Lipinski definition) is 1. The van der Waals surface area contributed by atoms with Crippen molar-refractivity contribution < 1.29 is 5.11 Å². The largest absolute Gasteiger partial charge is 0.388 e. The van der Waals surface area contributed by atoms with Gasteiger partial charge < -0.3 is 10.0 Å². The second-order valence-electron chi connectivity index (χ2n) is 6.32. The third-order valence-electron chi connectivity index (χ3n) is 4.09. The minimum absolute atomic E-state index is 0.263. The maximum Gasteiger partial charge on any atom is 0.186 e. The van der Waals surface area contributed by atoms with Gasteiger partial charge >= 0.3 is 0 Å². The Hall–Kier alpha value is -0.610. The predicted molar refractivity (Wildman–Crippen MR) is 79.8 cm³/mol. The van der Waals surface area contributed by atoms with Crippen LogP contribution in [-0.4, -0.2) is 22.7 Å². The number of thiazole rings is 1. The van der Waals surface area contributed by atoms with Crippen LogP contribution in [0.2, 0.25) is 0 Å². The van der Waals surface area contributed by atoms with E-state index in [4.69, 9.17) is 4.98 Å². The maximum absolute atomic E-state index is 10.1. The standard InChI is InChI=1S/C15H24N2OS/c1-10(2)8-9-17(11-6-7-11)15-16-12-4-3-5-13(18)14(12)19-15/h10-11,13,18H,3-9H2,1-2H3. The second kappa shape index (κ2) is 5.41. The van der Waals surface area contributed by atoms with E-state index in [0.717, 1.165) is 47.4 Å². The summed E-state index contributed by atoms with van der Waals surface area (Å²) >= 11 is 1.74. The van der Waals surface area contributed by atoms with E-state index < -0.39 is 0 Å². The van der Waals surface area contributed by atoms with Gasteiger partial charge in [-0.15, -0.1) is 0 Å². The van der Waals surface area contributed by atoms with Crippen molar-refractivity contribution in [3.8, 4) is 0 Å². The number of aliphatic hydroxyl groups excluding tert-OH is 1. The quantitative estimate of drug-likeness (QED) is 0.896. The first-order valence-corrected chi connectivity index (χ1v) is 8.41. The van der Waals surface area contributed by atoms with Gasteiger partial charge in [0, 0.05) is 12.6 Å². The zero-order chi connectivity index (χ0) is 13.4. The molecule has 1 saturated carbocycles. The molecule has 1 heterocycles. The summed E-state index contributed by atoms with van der Waals surface area (Å²) in [7, 11) is 0. The summed E-state index contributed by atoms with van der Waals surface area (Å²) < 4.78 is 0. The van der Waals surface area contributed by atoms with E-state index in [1.54, 1.807) is 11.3 Å². The van der Waals surface area contributed by atoms with Crippen LogP contribution in [-0.2, 0) is 6.42 Å². The van der Waals surface area contributed by atoms with Crippen molar-refractivity contribution in [2.75, 3.05) is 11.4 Å². The van der Waals surface area contributed by atoms with Crippen molar-refractivity contribution in [1.82, 2.24) is 4.98 Å². The highest BCUT2D eigenvalue weighted by molar-refractivity contribution is 7.15. The Morgan fingerprint density at radius 2 is 2.16 bits per heavy atom. The molecule has 0 amide bonds. The van der Waals surface area contributed by atoms with Crippen LogP contribution < -0.4 is 4.90 Å². The maximum atomic E-state index is 10.1. The van der Waals surface area contributed by atoms with Gasteiger partial charge in [-0.25, -0.2) is 4.98 Å². The number of anilines is 1. The molecule has 1 aromatic rings. The van der Waals surface area contributed by atoms with Gasteiger partial charge in [0.1, 0.15) is 0 Å². The molecule has 0 bridgehead atoms. The molecule has 106 valence electrons. The molecule has 1 aromatic heterocycles. The topological polar surface area (TPSA) is 36.4 Å². The number of hydrogen-bond acceptors (Lipinski definition) is 4. The lowest BCUT2D eigenvalue weighted by molar-refractivity contribution is 0.160. The summed E-state index contributed by atoms with van der Waals surface area (Å²) in [6.07, 6.45) is 6.61. The van der Waals surface area contributed by atoms with Crippen LogP contribution in [0, 0.1) is 5.92 Å². The number of aliphatic hydroxyl groups is 1. The van der Waals surface area contributed by atoms with Crippen LogP contribution >= 0.6 is 11.3 Å². The number of fused-ring (bicyclic) bond motifs is 1. The molecule has 3 rings (SSSR count). The summed E-state index contributed by atoms with van der Waals surface area (Å²) in [5.41, 5.74) is 1.16. The predicted octanol–water partition coefficient (Wildman–Crippen LogP) is 3.53. The zero-order valence-electron chi connectivity index (χ0n) is 11.9. The van der Waals surface area contributed by atoms with Gasteiger partial charge in [0.05, 0.1) is 16.7 Å². The molecular weight excluding hydrogens is 256 g/mol. The Morgan fingerprint density at radius 3 is 2.79 bits per heavy atom. The van der Waals surface area contributed by atoms with E-state index in [1.165, 1.54) is 19.3 Å². The third kappa shape index (κ3) is 2.95. The lowest BCUT2D eigenvalue weighted by Gasteiger charge is -2.22. The minimum Gasteiger partial charge on any atom is -0.388 e. The van der Waals surface area contributed by atoms with Gasteiger partial charge in [0.25, 0.3) is 0 Å². The molecule has 2 aliphatic carbocycles. The third-order valence-corrected chi connectivity index (χ3v) is 5.33. The van der Waals surface area contributed by atoms with Crippen LogP contribution in [0.25, 0.3) is 0 Å². The highest BCUT2D eigenvalue weighted by Crippen LogP contribution is 2.40. The van der Waals surface area contributed by atoms with Gasteiger partial charge in [0.15, 0.2) is 5.13 Å². The van der Waals surface area contributed by atoms with Crippen LogP contribution in [0.3, 0.4) is 0 Å². The van der Waals surface area contributed by atoms with Gasteiger partial charge in [-0.3, -0.25) is 0 Å². The Labute approximate surface area is 119 Å². The van der Waals surface area contributed by atoms with Gasteiger partial charge in [0.2, 0.25) is 0 Å². The van der Waals surface area contributed by atoms with E-state index >= 15 is 0 Å². The SMILES string of the molecule is CC(C)CCN(c1nc2c(s1)C(O)CCC2)C1CC1. The Balaban J connectivity index is 1.78. The van der Waals surface area contributed by atoms with Crippen molar-refractivity contribution in [1.29, 1.82) is 0 Å². The molecule has 1 N–H and O–H groups in total. The Morgan fingerprint density at radius 1 is 1.37 bits per heavy atom. The molecule has 0 aromatic carbocycles. The molecular formula is C15H24N2OS. The lowest BCUT2D eigenvalue weighted by atomic mass is 10.0. The number of rotatable bonds is 5. The highest BCUT2D eigenvalue weighted by Gasteiger charge is 2.32. The van der Waals surface area contributed by atoms with Crippen molar-refractivity contribution in [3.05, 3.63) is 10.6 Å². The molecule has 0 aliphatic heterocycles. The Kier molecular flexibility index (Phi) is 3.81. The monoisotopic (exact) mass is 280 g/mol. The average Bonchev–Trinajstić information content (AvgIpc) is 3.09.